The largest absolute Gasteiger partial charge is 0.497 e. The number of hydrogen-bond donors (Lipinski definition) is 1. The molecule has 1 amide bonds. The summed E-state index contributed by atoms with van der Waals surface area (Å²) in [5, 5.41) is 9.02. The summed E-state index contributed by atoms with van der Waals surface area (Å²) < 4.78 is 10.9. The van der Waals surface area contributed by atoms with Gasteiger partial charge in [0.25, 0.3) is 0 Å². The van der Waals surface area contributed by atoms with Crippen LogP contribution >= 0.6 is 0 Å². The van der Waals surface area contributed by atoms with Crippen LogP contribution in [0.4, 0.5) is 0 Å². The fourth-order valence-electron chi connectivity index (χ4n) is 2.77. The first kappa shape index (κ1) is 16.8. The standard InChI is InChI=1S/C19H19NO5/c1-24-16-3-2-4-17(10-16)25-15-7-5-13(6-8-15)11-20-12-14(19(22)23)9-18(20)21/h2-8,10,14H,9,11-12H2,1H3,(H,22,23). The molecule has 6 nitrogen and oxygen atoms in total. The minimum absolute atomic E-state index is 0.0758. The average Bonchev–Trinajstić information content (AvgIpc) is 2.98. The lowest BCUT2D eigenvalue weighted by molar-refractivity contribution is -0.141. The highest BCUT2D eigenvalue weighted by molar-refractivity contribution is 5.86. The number of benzene rings is 2. The second-order valence-corrected chi connectivity index (χ2v) is 5.94. The number of carboxylic acid groups (broad SMARTS) is 1. The molecule has 25 heavy (non-hydrogen) atoms. The molecule has 1 unspecified atom stereocenters. The normalized spacial score (nSPS) is 16.8. The van der Waals surface area contributed by atoms with E-state index in [9.17, 15) is 9.59 Å². The molecule has 0 spiro atoms. The van der Waals surface area contributed by atoms with Gasteiger partial charge in [-0.25, -0.2) is 0 Å². The maximum absolute atomic E-state index is 11.9. The molecule has 130 valence electrons. The summed E-state index contributed by atoms with van der Waals surface area (Å²) in [6.07, 6.45) is 0.0758. The molecular formula is C19H19NO5. The molecule has 6 heteroatoms. The number of amides is 1. The molecule has 1 atom stereocenters. The van der Waals surface area contributed by atoms with E-state index in [0.29, 0.717) is 18.0 Å². The number of rotatable bonds is 6. The Bertz CT molecular complexity index is 772. The van der Waals surface area contributed by atoms with Crippen molar-refractivity contribution in [3.05, 3.63) is 54.1 Å². The van der Waals surface area contributed by atoms with Gasteiger partial charge in [0, 0.05) is 25.6 Å². The summed E-state index contributed by atoms with van der Waals surface area (Å²) in [6.45, 7) is 0.665. The number of aliphatic carboxylic acids is 1. The van der Waals surface area contributed by atoms with Gasteiger partial charge in [-0.05, 0) is 29.8 Å². The predicted octanol–water partition coefficient (Wildman–Crippen LogP) is 2.92. The molecular weight excluding hydrogens is 322 g/mol. The topological polar surface area (TPSA) is 76.1 Å². The van der Waals surface area contributed by atoms with Crippen molar-refractivity contribution in [3.8, 4) is 17.2 Å². The van der Waals surface area contributed by atoms with Crippen molar-refractivity contribution in [2.24, 2.45) is 5.92 Å². The number of carbonyl (C=O) groups excluding carboxylic acids is 1. The molecule has 0 aromatic heterocycles. The van der Waals surface area contributed by atoms with Crippen molar-refractivity contribution in [1.29, 1.82) is 0 Å². The fraction of sp³-hybridized carbons (Fsp3) is 0.263. The second kappa shape index (κ2) is 7.25. The van der Waals surface area contributed by atoms with Crippen molar-refractivity contribution in [2.45, 2.75) is 13.0 Å². The van der Waals surface area contributed by atoms with Gasteiger partial charge in [-0.1, -0.05) is 18.2 Å². The molecule has 0 bridgehead atoms. The van der Waals surface area contributed by atoms with E-state index in [4.69, 9.17) is 14.6 Å². The molecule has 1 aliphatic rings. The van der Waals surface area contributed by atoms with E-state index < -0.39 is 11.9 Å². The highest BCUT2D eigenvalue weighted by Gasteiger charge is 2.33. The zero-order chi connectivity index (χ0) is 17.8. The molecule has 0 saturated carbocycles. The Balaban J connectivity index is 1.62. The maximum Gasteiger partial charge on any atom is 0.308 e. The monoisotopic (exact) mass is 341 g/mol. The van der Waals surface area contributed by atoms with Crippen molar-refractivity contribution >= 4 is 11.9 Å². The lowest BCUT2D eigenvalue weighted by Gasteiger charge is -2.16. The zero-order valence-corrected chi connectivity index (χ0v) is 13.8. The molecule has 1 aliphatic heterocycles. The van der Waals surface area contributed by atoms with Crippen LogP contribution in [0.2, 0.25) is 0 Å². The summed E-state index contributed by atoms with van der Waals surface area (Å²) in [7, 11) is 1.60. The Labute approximate surface area is 145 Å². The number of ether oxygens (including phenoxy) is 2. The van der Waals surface area contributed by atoms with Crippen molar-refractivity contribution < 1.29 is 24.2 Å². The van der Waals surface area contributed by atoms with Crippen LogP contribution in [-0.4, -0.2) is 35.5 Å². The zero-order valence-electron chi connectivity index (χ0n) is 13.8. The lowest BCUT2D eigenvalue weighted by Crippen LogP contribution is -2.25. The van der Waals surface area contributed by atoms with Crippen molar-refractivity contribution in [1.82, 2.24) is 4.90 Å². The lowest BCUT2D eigenvalue weighted by atomic mass is 10.1. The van der Waals surface area contributed by atoms with Gasteiger partial charge in [0.1, 0.15) is 17.2 Å². The van der Waals surface area contributed by atoms with Crippen LogP contribution in [-0.2, 0) is 16.1 Å². The quantitative estimate of drug-likeness (QED) is 0.874. The number of carbonyl (C=O) groups is 2. The van der Waals surface area contributed by atoms with Gasteiger partial charge in [0.15, 0.2) is 0 Å². The van der Waals surface area contributed by atoms with Gasteiger partial charge in [-0.15, -0.1) is 0 Å². The first-order chi connectivity index (χ1) is 12.0. The van der Waals surface area contributed by atoms with E-state index in [1.807, 2.05) is 42.5 Å². The molecule has 1 saturated heterocycles. The molecule has 0 radical (unpaired) electrons. The minimum atomic E-state index is -0.919. The number of nitrogens with zero attached hydrogens (tertiary/aromatic N) is 1. The van der Waals surface area contributed by atoms with Gasteiger partial charge in [0.05, 0.1) is 13.0 Å². The van der Waals surface area contributed by atoms with E-state index in [1.54, 1.807) is 18.1 Å². The number of hydrogen-bond acceptors (Lipinski definition) is 4. The van der Waals surface area contributed by atoms with E-state index >= 15 is 0 Å². The van der Waals surface area contributed by atoms with Crippen LogP contribution in [0.5, 0.6) is 17.2 Å². The highest BCUT2D eigenvalue weighted by Crippen LogP contribution is 2.26. The van der Waals surface area contributed by atoms with Crippen molar-refractivity contribution in [2.75, 3.05) is 13.7 Å². The third-order valence-corrected chi connectivity index (χ3v) is 4.14. The number of carboxylic acids is 1. The first-order valence-electron chi connectivity index (χ1n) is 7.96. The van der Waals surface area contributed by atoms with E-state index in [2.05, 4.69) is 0 Å². The van der Waals surface area contributed by atoms with Crippen molar-refractivity contribution in [3.63, 3.8) is 0 Å². The highest BCUT2D eigenvalue weighted by atomic mass is 16.5. The summed E-state index contributed by atoms with van der Waals surface area (Å²) in [5.74, 6) is 0.416. The van der Waals surface area contributed by atoms with E-state index in [-0.39, 0.29) is 18.9 Å². The van der Waals surface area contributed by atoms with Gasteiger partial charge >= 0.3 is 5.97 Å². The number of methoxy groups -OCH3 is 1. The first-order valence-corrected chi connectivity index (χ1v) is 7.96. The third-order valence-electron chi connectivity index (χ3n) is 4.14. The summed E-state index contributed by atoms with van der Waals surface area (Å²) in [6, 6.07) is 14.7. The van der Waals surface area contributed by atoms with Gasteiger partial charge < -0.3 is 19.5 Å². The van der Waals surface area contributed by atoms with Gasteiger partial charge in [0.2, 0.25) is 5.91 Å². The average molecular weight is 341 g/mol. The van der Waals surface area contributed by atoms with Crippen LogP contribution in [0.25, 0.3) is 0 Å². The third kappa shape index (κ3) is 4.09. The van der Waals surface area contributed by atoms with E-state index in [0.717, 1.165) is 11.3 Å². The Morgan fingerprint density at radius 2 is 1.88 bits per heavy atom. The second-order valence-electron chi connectivity index (χ2n) is 5.94. The van der Waals surface area contributed by atoms with E-state index in [1.165, 1.54) is 0 Å². The summed E-state index contributed by atoms with van der Waals surface area (Å²) >= 11 is 0. The van der Waals surface area contributed by atoms with Crippen LogP contribution in [0, 0.1) is 5.92 Å². The minimum Gasteiger partial charge on any atom is -0.497 e. The predicted molar refractivity (Wildman–Crippen MR) is 90.7 cm³/mol. The Hall–Kier alpha value is -3.02. The fourth-order valence-corrected chi connectivity index (χ4v) is 2.77. The molecule has 2 aromatic carbocycles. The molecule has 2 aromatic rings. The molecule has 1 N–H and O–H groups in total. The van der Waals surface area contributed by atoms with Crippen LogP contribution in [0.3, 0.4) is 0 Å². The maximum atomic E-state index is 11.9. The Morgan fingerprint density at radius 1 is 1.16 bits per heavy atom. The molecule has 0 aliphatic carbocycles. The Morgan fingerprint density at radius 3 is 2.52 bits per heavy atom. The summed E-state index contributed by atoms with van der Waals surface area (Å²) in [5.41, 5.74) is 0.928. The Kier molecular flexibility index (Phi) is 4.88. The molecule has 3 rings (SSSR count). The van der Waals surface area contributed by atoms with Crippen LogP contribution in [0.1, 0.15) is 12.0 Å². The van der Waals surface area contributed by atoms with Gasteiger partial charge in [-0.2, -0.15) is 0 Å². The molecule has 1 heterocycles. The van der Waals surface area contributed by atoms with Gasteiger partial charge in [-0.3, -0.25) is 9.59 Å². The number of likely N-dealkylation sites (tertiary alicyclic amines) is 1. The van der Waals surface area contributed by atoms with Crippen LogP contribution in [0.15, 0.2) is 48.5 Å². The summed E-state index contributed by atoms with van der Waals surface area (Å²) in [4.78, 5) is 24.5. The van der Waals surface area contributed by atoms with Crippen LogP contribution < -0.4 is 9.47 Å². The smallest absolute Gasteiger partial charge is 0.308 e. The molecule has 1 fully saturated rings. The SMILES string of the molecule is COc1cccc(Oc2ccc(CN3CC(C(=O)O)CC3=O)cc2)c1.